The third-order valence-electron chi connectivity index (χ3n) is 5.74. The van der Waals surface area contributed by atoms with Crippen molar-refractivity contribution >= 4 is 29.2 Å². The van der Waals surface area contributed by atoms with Crippen LogP contribution in [0.2, 0.25) is 0 Å². The molecule has 0 spiro atoms. The molecule has 0 saturated carbocycles. The van der Waals surface area contributed by atoms with Gasteiger partial charge in [0.2, 0.25) is 5.78 Å². The number of oxime groups is 1. The van der Waals surface area contributed by atoms with E-state index in [2.05, 4.69) is 19.0 Å². The number of benzene rings is 3. The number of carbonyl (C=O) groups is 2. The first-order valence-electron chi connectivity index (χ1n) is 11.8. The predicted octanol–water partition coefficient (Wildman–Crippen LogP) is 6.73. The van der Waals surface area contributed by atoms with Gasteiger partial charge in [0.15, 0.2) is 6.10 Å². The average molecular weight is 488 g/mol. The minimum absolute atomic E-state index is 0.00287. The monoisotopic (exact) mass is 487 g/mol. The summed E-state index contributed by atoms with van der Waals surface area (Å²) < 4.78 is 5.85. The van der Waals surface area contributed by atoms with Crippen molar-refractivity contribution in [3.63, 3.8) is 0 Å². The van der Waals surface area contributed by atoms with Crippen LogP contribution in [0.5, 0.6) is 5.75 Å². The van der Waals surface area contributed by atoms with Gasteiger partial charge in [0.1, 0.15) is 5.75 Å². The highest BCUT2D eigenvalue weighted by Crippen LogP contribution is 2.31. The molecule has 5 nitrogen and oxygen atoms in total. The maximum Gasteiger partial charge on any atom is 0.331 e. The van der Waals surface area contributed by atoms with Crippen LogP contribution >= 0.6 is 11.8 Å². The van der Waals surface area contributed by atoms with Crippen LogP contribution < -0.4 is 4.74 Å². The van der Waals surface area contributed by atoms with Crippen molar-refractivity contribution in [3.05, 3.63) is 89.5 Å². The lowest BCUT2D eigenvalue weighted by atomic mass is 10.0. The van der Waals surface area contributed by atoms with E-state index in [4.69, 9.17) is 9.57 Å². The van der Waals surface area contributed by atoms with Crippen molar-refractivity contribution in [1.29, 1.82) is 0 Å². The standard InChI is InChI=1S/C29H29NO4S/c1-19(2)8-17-26(30-34-20(3)31)21-9-13-24(14-10-21)35-25-15-11-22(12-16-25)29(32)28-18-23-6-4-5-7-27(23)33-28/h4-7,9-16,19,28H,8,17-18H2,1-3H3/b30-26+. The van der Waals surface area contributed by atoms with Crippen LogP contribution in [-0.2, 0) is 16.1 Å². The van der Waals surface area contributed by atoms with E-state index in [1.54, 1.807) is 11.8 Å². The molecule has 1 heterocycles. The van der Waals surface area contributed by atoms with Crippen LogP contribution in [0.4, 0.5) is 0 Å². The smallest absolute Gasteiger partial charge is 0.331 e. The average Bonchev–Trinajstić information content (AvgIpc) is 3.29. The van der Waals surface area contributed by atoms with Gasteiger partial charge in [0.05, 0.1) is 5.71 Å². The van der Waals surface area contributed by atoms with Crippen molar-refractivity contribution in [2.45, 2.75) is 55.9 Å². The Labute approximate surface area is 210 Å². The number of rotatable bonds is 9. The van der Waals surface area contributed by atoms with Crippen LogP contribution in [0.3, 0.4) is 0 Å². The van der Waals surface area contributed by atoms with Gasteiger partial charge in [-0.25, -0.2) is 4.79 Å². The summed E-state index contributed by atoms with van der Waals surface area (Å²) in [5, 5.41) is 4.07. The number of ketones is 1. The topological polar surface area (TPSA) is 65.0 Å². The van der Waals surface area contributed by atoms with Gasteiger partial charge in [-0.2, -0.15) is 0 Å². The zero-order valence-electron chi connectivity index (χ0n) is 20.2. The fourth-order valence-electron chi connectivity index (χ4n) is 3.84. The number of Topliss-reactive ketones (excluding diaryl/α,β-unsaturated/α-hetero) is 1. The zero-order chi connectivity index (χ0) is 24.8. The van der Waals surface area contributed by atoms with E-state index in [-0.39, 0.29) is 5.78 Å². The second kappa shape index (κ2) is 11.4. The predicted molar refractivity (Wildman–Crippen MR) is 138 cm³/mol. The number of hydrogen-bond acceptors (Lipinski definition) is 6. The number of ether oxygens (including phenoxy) is 1. The van der Waals surface area contributed by atoms with E-state index >= 15 is 0 Å². The molecule has 1 aliphatic rings. The Morgan fingerprint density at radius 2 is 1.60 bits per heavy atom. The van der Waals surface area contributed by atoms with Crippen LogP contribution in [-0.4, -0.2) is 23.6 Å². The molecule has 4 rings (SSSR count). The van der Waals surface area contributed by atoms with E-state index in [1.807, 2.05) is 72.8 Å². The van der Waals surface area contributed by atoms with Gasteiger partial charge >= 0.3 is 5.97 Å². The number of carbonyl (C=O) groups excluding carboxylic acids is 2. The number of hydrogen-bond donors (Lipinski definition) is 0. The summed E-state index contributed by atoms with van der Waals surface area (Å²) in [6, 6.07) is 23.5. The summed E-state index contributed by atoms with van der Waals surface area (Å²) in [7, 11) is 0. The summed E-state index contributed by atoms with van der Waals surface area (Å²) in [5.41, 5.74) is 3.44. The highest BCUT2D eigenvalue weighted by atomic mass is 32.2. The highest BCUT2D eigenvalue weighted by molar-refractivity contribution is 7.99. The second-order valence-corrected chi connectivity index (χ2v) is 10.1. The molecule has 180 valence electrons. The van der Waals surface area contributed by atoms with Crippen molar-refractivity contribution in [1.82, 2.24) is 0 Å². The third-order valence-corrected chi connectivity index (χ3v) is 6.76. The first-order chi connectivity index (χ1) is 16.9. The molecule has 3 aromatic carbocycles. The molecular weight excluding hydrogens is 458 g/mol. The largest absolute Gasteiger partial charge is 0.482 e. The summed E-state index contributed by atoms with van der Waals surface area (Å²) in [4.78, 5) is 31.1. The maximum atomic E-state index is 12.9. The third kappa shape index (κ3) is 6.61. The molecule has 6 heteroatoms. The lowest BCUT2D eigenvalue weighted by molar-refractivity contribution is -0.140. The highest BCUT2D eigenvalue weighted by Gasteiger charge is 2.29. The van der Waals surface area contributed by atoms with Gasteiger partial charge in [-0.05, 0) is 60.2 Å². The molecule has 0 fully saturated rings. The molecule has 0 aromatic heterocycles. The summed E-state index contributed by atoms with van der Waals surface area (Å²) >= 11 is 1.62. The van der Waals surface area contributed by atoms with Gasteiger partial charge in [0, 0.05) is 28.7 Å². The number of para-hydroxylation sites is 1. The molecule has 0 aliphatic carbocycles. The van der Waals surface area contributed by atoms with Gasteiger partial charge in [-0.1, -0.05) is 73.2 Å². The van der Waals surface area contributed by atoms with Crippen molar-refractivity contribution < 1.29 is 19.2 Å². The minimum Gasteiger partial charge on any atom is -0.482 e. The summed E-state index contributed by atoms with van der Waals surface area (Å²) in [5.74, 6) is 0.901. The van der Waals surface area contributed by atoms with Crippen molar-refractivity contribution in [2.24, 2.45) is 11.1 Å². The Balaban J connectivity index is 1.39. The molecular formula is C29H29NO4S. The molecule has 3 aromatic rings. The van der Waals surface area contributed by atoms with E-state index in [0.717, 1.165) is 45.2 Å². The lowest BCUT2D eigenvalue weighted by Crippen LogP contribution is -2.25. The summed E-state index contributed by atoms with van der Waals surface area (Å²) in [6.07, 6.45) is 1.84. The Morgan fingerprint density at radius 1 is 0.971 bits per heavy atom. The van der Waals surface area contributed by atoms with E-state index in [0.29, 0.717) is 17.9 Å². The minimum atomic E-state index is -0.461. The first-order valence-corrected chi connectivity index (χ1v) is 12.6. The first kappa shape index (κ1) is 24.7. The molecule has 35 heavy (non-hydrogen) atoms. The van der Waals surface area contributed by atoms with Gasteiger partial charge < -0.3 is 9.57 Å². The SMILES string of the molecule is CC(=O)O/N=C(\CCC(C)C)c1ccc(Sc2ccc(C(=O)C3Cc4ccccc4O3)cc2)cc1. The molecule has 0 radical (unpaired) electrons. The molecule has 1 unspecified atom stereocenters. The quantitative estimate of drug-likeness (QED) is 0.145. The molecule has 0 bridgehead atoms. The van der Waals surface area contributed by atoms with Crippen LogP contribution in [0.1, 0.15) is 55.1 Å². The maximum absolute atomic E-state index is 12.9. The van der Waals surface area contributed by atoms with Gasteiger partial charge in [-0.15, -0.1) is 0 Å². The zero-order valence-corrected chi connectivity index (χ0v) is 21.0. The van der Waals surface area contributed by atoms with Gasteiger partial charge in [0.25, 0.3) is 0 Å². The molecule has 0 saturated heterocycles. The Hall–Kier alpha value is -3.38. The number of fused-ring (bicyclic) bond motifs is 1. The van der Waals surface area contributed by atoms with Gasteiger partial charge in [-0.3, -0.25) is 4.79 Å². The fourth-order valence-corrected chi connectivity index (χ4v) is 4.66. The van der Waals surface area contributed by atoms with Crippen LogP contribution in [0.25, 0.3) is 0 Å². The van der Waals surface area contributed by atoms with E-state index < -0.39 is 12.1 Å². The van der Waals surface area contributed by atoms with Crippen molar-refractivity contribution in [3.8, 4) is 5.75 Å². The fraction of sp³-hybridized carbons (Fsp3) is 0.276. The molecule has 1 aliphatic heterocycles. The second-order valence-electron chi connectivity index (χ2n) is 8.99. The Morgan fingerprint density at radius 3 is 2.20 bits per heavy atom. The molecule has 0 N–H and O–H groups in total. The van der Waals surface area contributed by atoms with Crippen molar-refractivity contribution in [2.75, 3.05) is 0 Å². The molecule has 0 amide bonds. The van der Waals surface area contributed by atoms with Crippen LogP contribution in [0, 0.1) is 5.92 Å². The number of nitrogens with zero attached hydrogens (tertiary/aromatic N) is 1. The Bertz CT molecular complexity index is 1190. The lowest BCUT2D eigenvalue weighted by Gasteiger charge is -2.11. The molecule has 1 atom stereocenters. The van der Waals surface area contributed by atoms with Crippen LogP contribution in [0.15, 0.2) is 87.7 Å². The van der Waals surface area contributed by atoms with E-state index in [1.165, 1.54) is 6.92 Å². The summed E-state index contributed by atoms with van der Waals surface area (Å²) in [6.45, 7) is 5.66. The Kier molecular flexibility index (Phi) is 8.03. The van der Waals surface area contributed by atoms with E-state index in [9.17, 15) is 9.59 Å². The normalized spacial score (nSPS) is 15.0.